The van der Waals surface area contributed by atoms with E-state index < -0.39 is 6.09 Å². The molecular weight excluding hydrogens is 290 g/mol. The van der Waals surface area contributed by atoms with Crippen LogP contribution in [-0.2, 0) is 0 Å². The Morgan fingerprint density at radius 2 is 2.00 bits per heavy atom. The van der Waals surface area contributed by atoms with E-state index in [0.29, 0.717) is 22.0 Å². The number of hydrogen-bond donors (Lipinski definition) is 2. The maximum absolute atomic E-state index is 11.8. The second kappa shape index (κ2) is 7.34. The predicted molar refractivity (Wildman–Crippen MR) is 81.5 cm³/mol. The van der Waals surface area contributed by atoms with Crippen molar-refractivity contribution in [3.05, 3.63) is 59.1 Å². The fourth-order valence-electron chi connectivity index (χ4n) is 1.59. The van der Waals surface area contributed by atoms with Crippen molar-refractivity contribution in [3.63, 3.8) is 0 Å². The first-order valence-electron chi connectivity index (χ1n) is 6.12. The molecular formula is C16H12ClNO3. The average molecular weight is 302 g/mol. The van der Waals surface area contributed by atoms with Crippen LogP contribution in [0.4, 0.5) is 10.5 Å². The summed E-state index contributed by atoms with van der Waals surface area (Å²) in [6.07, 6.45) is -0.643. The fraction of sp³-hybridized carbons (Fsp3) is 0.0625. The van der Waals surface area contributed by atoms with Gasteiger partial charge in [0.25, 0.3) is 0 Å². The highest BCUT2D eigenvalue weighted by Gasteiger charge is 2.08. The summed E-state index contributed by atoms with van der Waals surface area (Å²) >= 11 is 5.90. The molecule has 0 radical (unpaired) electrons. The summed E-state index contributed by atoms with van der Waals surface area (Å²) < 4.78 is 5.13. The van der Waals surface area contributed by atoms with Crippen LogP contribution >= 0.6 is 11.6 Å². The first-order valence-corrected chi connectivity index (χ1v) is 6.50. The molecule has 106 valence electrons. The number of carbonyl (C=O) groups excluding carboxylic acids is 1. The highest BCUT2D eigenvalue weighted by atomic mass is 35.5. The Balaban J connectivity index is 2.14. The van der Waals surface area contributed by atoms with Crippen LogP contribution in [0.3, 0.4) is 0 Å². The minimum atomic E-state index is -0.643. The van der Waals surface area contributed by atoms with Gasteiger partial charge in [-0.1, -0.05) is 41.6 Å². The van der Waals surface area contributed by atoms with E-state index in [1.54, 1.807) is 42.5 Å². The zero-order chi connectivity index (χ0) is 15.1. The van der Waals surface area contributed by atoms with Gasteiger partial charge in [0.15, 0.2) is 0 Å². The van der Waals surface area contributed by atoms with Crippen molar-refractivity contribution in [3.8, 4) is 17.6 Å². The molecule has 21 heavy (non-hydrogen) atoms. The summed E-state index contributed by atoms with van der Waals surface area (Å²) in [6.45, 7) is -0.267. The molecule has 5 heteroatoms. The van der Waals surface area contributed by atoms with E-state index >= 15 is 0 Å². The van der Waals surface area contributed by atoms with Gasteiger partial charge in [0.1, 0.15) is 12.4 Å². The Morgan fingerprint density at radius 3 is 2.71 bits per heavy atom. The summed E-state index contributed by atoms with van der Waals surface area (Å²) in [6, 6.07) is 13.6. The Kier molecular flexibility index (Phi) is 5.22. The second-order valence-corrected chi connectivity index (χ2v) is 4.41. The molecule has 0 aliphatic rings. The summed E-state index contributed by atoms with van der Waals surface area (Å²) in [4.78, 5) is 11.8. The molecule has 0 unspecified atom stereocenters. The molecule has 4 nitrogen and oxygen atoms in total. The summed E-state index contributed by atoms with van der Waals surface area (Å²) in [5.41, 5.74) is 0.961. The standard InChI is InChI=1S/C16H12ClNO3/c17-13-9-8-12(5-4-10-19)15(11-13)18-16(20)21-14-6-2-1-3-7-14/h1-3,6-9,11,19H,10H2,(H,18,20). The van der Waals surface area contributed by atoms with Gasteiger partial charge in [-0.05, 0) is 30.3 Å². The maximum atomic E-state index is 11.8. The zero-order valence-electron chi connectivity index (χ0n) is 11.0. The number of rotatable bonds is 2. The quantitative estimate of drug-likeness (QED) is 0.837. The fourth-order valence-corrected chi connectivity index (χ4v) is 1.77. The van der Waals surface area contributed by atoms with Crippen LogP contribution in [0.5, 0.6) is 5.75 Å². The zero-order valence-corrected chi connectivity index (χ0v) is 11.7. The van der Waals surface area contributed by atoms with Crippen LogP contribution in [-0.4, -0.2) is 17.8 Å². The van der Waals surface area contributed by atoms with E-state index in [0.717, 1.165) is 0 Å². The Labute approximate surface area is 127 Å². The van der Waals surface area contributed by atoms with Gasteiger partial charge in [0.2, 0.25) is 0 Å². The monoisotopic (exact) mass is 301 g/mol. The number of anilines is 1. The predicted octanol–water partition coefficient (Wildman–Crippen LogP) is 3.29. The highest BCUT2D eigenvalue weighted by Crippen LogP contribution is 2.21. The van der Waals surface area contributed by atoms with Crippen molar-refractivity contribution in [1.82, 2.24) is 0 Å². The molecule has 0 heterocycles. The molecule has 0 fully saturated rings. The van der Waals surface area contributed by atoms with Crippen LogP contribution in [0.1, 0.15) is 5.56 Å². The summed E-state index contributed by atoms with van der Waals surface area (Å²) in [7, 11) is 0. The molecule has 2 N–H and O–H groups in total. The second-order valence-electron chi connectivity index (χ2n) is 3.98. The molecule has 2 aromatic rings. The number of hydrogen-bond acceptors (Lipinski definition) is 3. The Hall–Kier alpha value is -2.48. The van der Waals surface area contributed by atoms with E-state index in [1.165, 1.54) is 0 Å². The van der Waals surface area contributed by atoms with Gasteiger partial charge in [0.05, 0.1) is 5.69 Å². The highest BCUT2D eigenvalue weighted by molar-refractivity contribution is 6.31. The molecule has 0 spiro atoms. The largest absolute Gasteiger partial charge is 0.417 e. The molecule has 0 bridgehead atoms. The van der Waals surface area contributed by atoms with E-state index in [4.69, 9.17) is 21.4 Å². The molecule has 2 aromatic carbocycles. The minimum absolute atomic E-state index is 0.267. The number of aliphatic hydroxyl groups is 1. The van der Waals surface area contributed by atoms with Gasteiger partial charge in [-0.15, -0.1) is 0 Å². The van der Waals surface area contributed by atoms with E-state index in [1.807, 2.05) is 6.07 Å². The number of amides is 1. The molecule has 2 rings (SSSR count). The van der Waals surface area contributed by atoms with Crippen molar-refractivity contribution in [2.45, 2.75) is 0 Å². The minimum Gasteiger partial charge on any atom is -0.410 e. The lowest BCUT2D eigenvalue weighted by molar-refractivity contribution is 0.215. The molecule has 0 atom stereocenters. The Morgan fingerprint density at radius 1 is 1.24 bits per heavy atom. The molecule has 1 amide bonds. The van der Waals surface area contributed by atoms with Crippen molar-refractivity contribution in [2.75, 3.05) is 11.9 Å². The molecule has 0 aliphatic carbocycles. The lowest BCUT2D eigenvalue weighted by Gasteiger charge is -2.08. The smallest absolute Gasteiger partial charge is 0.410 e. The maximum Gasteiger partial charge on any atom is 0.417 e. The lowest BCUT2D eigenvalue weighted by atomic mass is 10.2. The van der Waals surface area contributed by atoms with Crippen LogP contribution in [0.2, 0.25) is 5.02 Å². The first kappa shape index (κ1) is 14.9. The molecule has 0 aromatic heterocycles. The molecule has 0 saturated heterocycles. The van der Waals surface area contributed by atoms with Crippen LogP contribution in [0.15, 0.2) is 48.5 Å². The van der Waals surface area contributed by atoms with Crippen LogP contribution < -0.4 is 10.1 Å². The van der Waals surface area contributed by atoms with Crippen molar-refractivity contribution < 1.29 is 14.6 Å². The van der Waals surface area contributed by atoms with Crippen molar-refractivity contribution >= 4 is 23.4 Å². The number of para-hydroxylation sites is 1. The van der Waals surface area contributed by atoms with Crippen LogP contribution in [0.25, 0.3) is 0 Å². The lowest BCUT2D eigenvalue weighted by Crippen LogP contribution is -2.17. The topological polar surface area (TPSA) is 58.6 Å². The summed E-state index contributed by atoms with van der Waals surface area (Å²) in [5.74, 6) is 5.68. The van der Waals surface area contributed by atoms with Gasteiger partial charge >= 0.3 is 6.09 Å². The number of nitrogens with one attached hydrogen (secondary N) is 1. The summed E-state index contributed by atoms with van der Waals surface area (Å²) in [5, 5.41) is 11.8. The van der Waals surface area contributed by atoms with Crippen molar-refractivity contribution in [1.29, 1.82) is 0 Å². The van der Waals surface area contributed by atoms with E-state index in [-0.39, 0.29) is 6.61 Å². The third kappa shape index (κ3) is 4.53. The average Bonchev–Trinajstić information content (AvgIpc) is 2.47. The van der Waals surface area contributed by atoms with Gasteiger partial charge in [-0.3, -0.25) is 5.32 Å². The number of halogens is 1. The third-order valence-corrected chi connectivity index (χ3v) is 2.71. The normalized spacial score (nSPS) is 9.43. The molecule has 0 aliphatic heterocycles. The Bertz CT molecular complexity index is 690. The van der Waals surface area contributed by atoms with Gasteiger partial charge in [-0.2, -0.15) is 0 Å². The van der Waals surface area contributed by atoms with Crippen molar-refractivity contribution in [2.24, 2.45) is 0 Å². The van der Waals surface area contributed by atoms with Gasteiger partial charge in [-0.25, -0.2) is 4.79 Å². The van der Waals surface area contributed by atoms with E-state index in [9.17, 15) is 4.79 Å². The first-order chi connectivity index (χ1) is 10.2. The number of aliphatic hydroxyl groups excluding tert-OH is 1. The van der Waals surface area contributed by atoms with E-state index in [2.05, 4.69) is 17.2 Å². The van der Waals surface area contributed by atoms with Crippen LogP contribution in [0, 0.1) is 11.8 Å². The SMILES string of the molecule is O=C(Nc1cc(Cl)ccc1C#CCO)Oc1ccccc1. The van der Waals surface area contributed by atoms with Gasteiger partial charge < -0.3 is 9.84 Å². The third-order valence-electron chi connectivity index (χ3n) is 2.47. The number of carbonyl (C=O) groups is 1. The number of benzene rings is 2. The van der Waals surface area contributed by atoms with Gasteiger partial charge in [0, 0.05) is 10.6 Å². The molecule has 0 saturated carbocycles. The number of ether oxygens (including phenoxy) is 1.